The van der Waals surface area contributed by atoms with Crippen molar-refractivity contribution in [2.24, 2.45) is 0 Å². The molecule has 33 heavy (non-hydrogen) atoms. The summed E-state index contributed by atoms with van der Waals surface area (Å²) in [5.41, 5.74) is 1.47. The van der Waals surface area contributed by atoms with Gasteiger partial charge in [0.15, 0.2) is 14.9 Å². The normalized spacial score (nSPS) is 11.2. The average molecular weight is 473 g/mol. The van der Waals surface area contributed by atoms with Crippen molar-refractivity contribution in [1.29, 1.82) is 0 Å². The van der Waals surface area contributed by atoms with E-state index < -0.39 is 9.84 Å². The Kier molecular flexibility index (Phi) is 7.07. The summed E-state index contributed by atoms with van der Waals surface area (Å²) in [5, 5.41) is 13.7. The van der Waals surface area contributed by atoms with Gasteiger partial charge in [0.25, 0.3) is 0 Å². The summed E-state index contributed by atoms with van der Waals surface area (Å²) in [6.07, 6.45) is 2.40. The molecule has 2 N–H and O–H groups in total. The molecule has 11 nitrogen and oxygen atoms in total. The zero-order valence-electron chi connectivity index (χ0n) is 18.8. The number of hydrogen-bond donors (Lipinski definition) is 2. The smallest absolute Gasteiger partial charge is 0.233 e. The molecule has 0 radical (unpaired) electrons. The number of rotatable bonds is 8. The van der Waals surface area contributed by atoms with Crippen LogP contribution in [0.5, 0.6) is 11.6 Å². The van der Waals surface area contributed by atoms with Crippen LogP contribution < -0.4 is 20.1 Å². The fourth-order valence-corrected chi connectivity index (χ4v) is 3.39. The van der Waals surface area contributed by atoms with Gasteiger partial charge in [0, 0.05) is 49.2 Å². The standard InChI is InChI=1S/C21H24N6O5S/c1-12(2)32-14-8-19(25-21(9-14)33(5,29)30)24-17-10-18(23-13(3)28)22-11-15(17)16-6-7-20(31-4)27-26-16/h6-12H,1-5H3,(H2,22,23,24,25,28). The quantitative estimate of drug-likeness (QED) is 0.502. The topological polar surface area (TPSA) is 145 Å². The van der Waals surface area contributed by atoms with Crippen LogP contribution in [0.4, 0.5) is 17.3 Å². The molecule has 0 fully saturated rings. The van der Waals surface area contributed by atoms with Gasteiger partial charge in [0.2, 0.25) is 11.8 Å². The van der Waals surface area contributed by atoms with Crippen molar-refractivity contribution in [3.8, 4) is 22.9 Å². The van der Waals surface area contributed by atoms with E-state index in [4.69, 9.17) is 9.47 Å². The van der Waals surface area contributed by atoms with Crippen molar-refractivity contribution in [1.82, 2.24) is 20.2 Å². The van der Waals surface area contributed by atoms with Crippen LogP contribution in [0, 0.1) is 0 Å². The second-order valence-electron chi connectivity index (χ2n) is 7.35. The molecule has 0 atom stereocenters. The monoisotopic (exact) mass is 472 g/mol. The van der Waals surface area contributed by atoms with E-state index in [9.17, 15) is 13.2 Å². The largest absolute Gasteiger partial charge is 0.491 e. The van der Waals surface area contributed by atoms with Crippen molar-refractivity contribution in [3.05, 3.63) is 36.5 Å². The number of nitrogens with one attached hydrogen (secondary N) is 2. The Bertz CT molecular complexity index is 1260. The lowest BCUT2D eigenvalue weighted by Gasteiger charge is -2.15. The Labute approximate surface area is 191 Å². The molecule has 0 aliphatic rings. The molecule has 0 unspecified atom stereocenters. The van der Waals surface area contributed by atoms with Crippen LogP contribution in [-0.4, -0.2) is 54.0 Å². The number of methoxy groups -OCH3 is 1. The summed E-state index contributed by atoms with van der Waals surface area (Å²) < 4.78 is 35.1. The van der Waals surface area contributed by atoms with Crippen molar-refractivity contribution in [2.75, 3.05) is 24.0 Å². The second kappa shape index (κ2) is 9.77. The molecule has 3 aromatic heterocycles. The molecule has 0 bridgehead atoms. The van der Waals surface area contributed by atoms with Gasteiger partial charge in [-0.2, -0.15) is 0 Å². The molecule has 0 spiro atoms. The average Bonchev–Trinajstić information content (AvgIpc) is 2.72. The van der Waals surface area contributed by atoms with Gasteiger partial charge in [0.05, 0.1) is 24.6 Å². The molecule has 0 aliphatic carbocycles. The highest BCUT2D eigenvalue weighted by Gasteiger charge is 2.16. The highest BCUT2D eigenvalue weighted by atomic mass is 32.2. The van der Waals surface area contributed by atoms with Crippen molar-refractivity contribution in [3.63, 3.8) is 0 Å². The minimum absolute atomic E-state index is 0.148. The van der Waals surface area contributed by atoms with Crippen LogP contribution in [0.25, 0.3) is 11.3 Å². The number of hydrogen-bond acceptors (Lipinski definition) is 10. The maximum atomic E-state index is 12.2. The molecule has 12 heteroatoms. The number of carbonyl (C=O) groups excluding carboxylic acids is 1. The Balaban J connectivity index is 2.10. The summed E-state index contributed by atoms with van der Waals surface area (Å²) in [7, 11) is -2.12. The van der Waals surface area contributed by atoms with Gasteiger partial charge in [-0.15, -0.1) is 10.2 Å². The number of amides is 1. The van der Waals surface area contributed by atoms with E-state index in [1.807, 2.05) is 13.8 Å². The van der Waals surface area contributed by atoms with Gasteiger partial charge in [-0.25, -0.2) is 18.4 Å². The molecule has 3 heterocycles. The first-order valence-electron chi connectivity index (χ1n) is 9.86. The predicted molar refractivity (Wildman–Crippen MR) is 123 cm³/mol. The predicted octanol–water partition coefficient (Wildman–Crippen LogP) is 2.83. The number of carbonyl (C=O) groups is 1. The van der Waals surface area contributed by atoms with Crippen LogP contribution in [0.3, 0.4) is 0 Å². The summed E-state index contributed by atoms with van der Waals surface area (Å²) in [6.45, 7) is 5.03. The highest BCUT2D eigenvalue weighted by molar-refractivity contribution is 7.90. The molecule has 1 amide bonds. The number of ether oxygens (including phenoxy) is 2. The van der Waals surface area contributed by atoms with E-state index >= 15 is 0 Å². The van der Waals surface area contributed by atoms with E-state index in [0.717, 1.165) is 6.26 Å². The van der Waals surface area contributed by atoms with Crippen LogP contribution >= 0.6 is 0 Å². The Hall–Kier alpha value is -3.80. The lowest BCUT2D eigenvalue weighted by atomic mass is 10.1. The maximum absolute atomic E-state index is 12.2. The van der Waals surface area contributed by atoms with Crippen molar-refractivity contribution in [2.45, 2.75) is 31.9 Å². The summed E-state index contributed by atoms with van der Waals surface area (Å²) in [6, 6.07) is 7.87. The number of anilines is 3. The fraction of sp³-hybridized carbons (Fsp3) is 0.286. The molecular formula is C21H24N6O5S. The minimum Gasteiger partial charge on any atom is -0.491 e. The summed E-state index contributed by atoms with van der Waals surface area (Å²) in [5.74, 6) is 0.888. The number of sulfone groups is 1. The van der Waals surface area contributed by atoms with Gasteiger partial charge in [-0.05, 0) is 19.9 Å². The number of aromatic nitrogens is 4. The van der Waals surface area contributed by atoms with Crippen LogP contribution in [-0.2, 0) is 14.6 Å². The van der Waals surface area contributed by atoms with E-state index in [2.05, 4.69) is 30.8 Å². The Morgan fingerprint density at radius 2 is 1.85 bits per heavy atom. The Morgan fingerprint density at radius 1 is 1.09 bits per heavy atom. The van der Waals surface area contributed by atoms with E-state index in [1.54, 1.807) is 24.3 Å². The lowest BCUT2D eigenvalue weighted by molar-refractivity contribution is -0.114. The number of nitrogens with zero attached hydrogens (tertiary/aromatic N) is 4. The Morgan fingerprint density at radius 3 is 2.42 bits per heavy atom. The lowest BCUT2D eigenvalue weighted by Crippen LogP contribution is -2.10. The second-order valence-corrected chi connectivity index (χ2v) is 9.31. The molecule has 3 aromatic rings. The van der Waals surface area contributed by atoms with E-state index in [0.29, 0.717) is 28.6 Å². The molecule has 3 rings (SSSR count). The third-order valence-corrected chi connectivity index (χ3v) is 5.09. The third kappa shape index (κ3) is 6.35. The summed E-state index contributed by atoms with van der Waals surface area (Å²) >= 11 is 0. The zero-order valence-corrected chi connectivity index (χ0v) is 19.6. The van der Waals surface area contributed by atoms with Gasteiger partial charge >= 0.3 is 0 Å². The molecule has 0 aliphatic heterocycles. The van der Waals surface area contributed by atoms with Crippen LogP contribution in [0.1, 0.15) is 20.8 Å². The zero-order chi connectivity index (χ0) is 24.2. The minimum atomic E-state index is -3.61. The molecule has 0 saturated carbocycles. The van der Waals surface area contributed by atoms with Crippen molar-refractivity contribution < 1.29 is 22.7 Å². The first-order chi connectivity index (χ1) is 15.5. The third-order valence-electron chi connectivity index (χ3n) is 4.12. The first-order valence-corrected chi connectivity index (χ1v) is 11.8. The van der Waals surface area contributed by atoms with E-state index in [-0.39, 0.29) is 28.7 Å². The molecule has 0 saturated heterocycles. The summed E-state index contributed by atoms with van der Waals surface area (Å²) in [4.78, 5) is 20.0. The van der Waals surface area contributed by atoms with E-state index in [1.165, 1.54) is 26.3 Å². The molecular weight excluding hydrogens is 448 g/mol. The molecule has 174 valence electrons. The van der Waals surface area contributed by atoms with Crippen LogP contribution in [0.2, 0.25) is 0 Å². The molecule has 0 aromatic carbocycles. The van der Waals surface area contributed by atoms with Crippen molar-refractivity contribution >= 4 is 33.1 Å². The number of pyridine rings is 2. The van der Waals surface area contributed by atoms with Gasteiger partial charge in [-0.1, -0.05) is 0 Å². The SMILES string of the molecule is COc1ccc(-c2cnc(NC(C)=O)cc2Nc2cc(OC(C)C)cc(S(C)(=O)=O)n2)nn1. The van der Waals surface area contributed by atoms with Gasteiger partial charge in [-0.3, -0.25) is 4.79 Å². The van der Waals surface area contributed by atoms with Gasteiger partial charge in [0.1, 0.15) is 17.4 Å². The van der Waals surface area contributed by atoms with Crippen LogP contribution in [0.15, 0.2) is 41.6 Å². The van der Waals surface area contributed by atoms with Gasteiger partial charge < -0.3 is 20.1 Å². The maximum Gasteiger partial charge on any atom is 0.233 e. The fourth-order valence-electron chi connectivity index (χ4n) is 2.80. The highest BCUT2D eigenvalue weighted by Crippen LogP contribution is 2.32. The first kappa shape index (κ1) is 23.9.